The van der Waals surface area contributed by atoms with E-state index in [2.05, 4.69) is 15.2 Å². The van der Waals surface area contributed by atoms with Crippen molar-refractivity contribution in [3.05, 3.63) is 40.7 Å². The van der Waals surface area contributed by atoms with Crippen molar-refractivity contribution in [1.82, 2.24) is 10.5 Å². The molecular weight excluding hydrogens is 248 g/mol. The Morgan fingerprint density at radius 2 is 2.21 bits per heavy atom. The van der Waals surface area contributed by atoms with Crippen LogP contribution in [0, 0.1) is 13.8 Å². The standard InChI is InChI=1S/C13H16N2O4/c1-8-12(9(2)19-15-8)6-14-5-11-4-10(7-18-11)13(16)17-3/h4,7,14H,5-6H2,1-3H3. The van der Waals surface area contributed by atoms with E-state index in [1.54, 1.807) is 6.07 Å². The summed E-state index contributed by atoms with van der Waals surface area (Å²) >= 11 is 0. The van der Waals surface area contributed by atoms with E-state index in [9.17, 15) is 4.79 Å². The van der Waals surface area contributed by atoms with Gasteiger partial charge in [-0.1, -0.05) is 5.16 Å². The van der Waals surface area contributed by atoms with E-state index in [4.69, 9.17) is 8.94 Å². The Hall–Kier alpha value is -2.08. The fourth-order valence-corrected chi connectivity index (χ4v) is 1.76. The maximum Gasteiger partial charge on any atom is 0.341 e. The van der Waals surface area contributed by atoms with Crippen molar-refractivity contribution in [3.63, 3.8) is 0 Å². The maximum absolute atomic E-state index is 11.3. The van der Waals surface area contributed by atoms with E-state index >= 15 is 0 Å². The number of nitrogens with zero attached hydrogens (tertiary/aromatic N) is 1. The summed E-state index contributed by atoms with van der Waals surface area (Å²) in [6, 6.07) is 1.66. The van der Waals surface area contributed by atoms with Crippen LogP contribution in [0.3, 0.4) is 0 Å². The molecule has 0 atom stereocenters. The fraction of sp³-hybridized carbons (Fsp3) is 0.385. The topological polar surface area (TPSA) is 77.5 Å². The summed E-state index contributed by atoms with van der Waals surface area (Å²) in [6.45, 7) is 4.92. The van der Waals surface area contributed by atoms with E-state index in [1.807, 2.05) is 13.8 Å². The van der Waals surface area contributed by atoms with Crippen molar-refractivity contribution in [2.75, 3.05) is 7.11 Å². The van der Waals surface area contributed by atoms with Gasteiger partial charge >= 0.3 is 5.97 Å². The predicted molar refractivity (Wildman–Crippen MR) is 66.6 cm³/mol. The summed E-state index contributed by atoms with van der Waals surface area (Å²) in [4.78, 5) is 11.3. The second-order valence-electron chi connectivity index (χ2n) is 4.20. The number of carbonyl (C=O) groups excluding carboxylic acids is 1. The van der Waals surface area contributed by atoms with Gasteiger partial charge < -0.3 is 19.0 Å². The number of rotatable bonds is 5. The average molecular weight is 264 g/mol. The smallest absolute Gasteiger partial charge is 0.341 e. The van der Waals surface area contributed by atoms with E-state index in [0.717, 1.165) is 17.0 Å². The molecule has 6 heteroatoms. The molecule has 0 saturated carbocycles. The molecule has 2 heterocycles. The van der Waals surface area contributed by atoms with Gasteiger partial charge in [0.25, 0.3) is 0 Å². The molecule has 2 aromatic rings. The first-order valence-electron chi connectivity index (χ1n) is 5.90. The van der Waals surface area contributed by atoms with Gasteiger partial charge in [-0.3, -0.25) is 0 Å². The van der Waals surface area contributed by atoms with Crippen LogP contribution in [0.4, 0.5) is 0 Å². The van der Waals surface area contributed by atoms with Crippen molar-refractivity contribution >= 4 is 5.97 Å². The molecule has 0 fully saturated rings. The second-order valence-corrected chi connectivity index (χ2v) is 4.20. The third-order valence-corrected chi connectivity index (χ3v) is 2.86. The van der Waals surface area contributed by atoms with Gasteiger partial charge in [-0.25, -0.2) is 4.79 Å². The molecule has 2 aromatic heterocycles. The molecule has 1 N–H and O–H groups in total. The summed E-state index contributed by atoms with van der Waals surface area (Å²) in [5, 5.41) is 7.09. The predicted octanol–water partition coefficient (Wildman–Crippen LogP) is 1.96. The number of esters is 1. The first-order valence-corrected chi connectivity index (χ1v) is 5.90. The number of aromatic nitrogens is 1. The van der Waals surface area contributed by atoms with Crippen molar-refractivity contribution in [3.8, 4) is 0 Å². The molecule has 19 heavy (non-hydrogen) atoms. The summed E-state index contributed by atoms with van der Waals surface area (Å²) < 4.78 is 14.9. The molecule has 6 nitrogen and oxygen atoms in total. The number of nitrogens with one attached hydrogen (secondary N) is 1. The van der Waals surface area contributed by atoms with Gasteiger partial charge in [-0.05, 0) is 19.9 Å². The Balaban J connectivity index is 1.89. The minimum Gasteiger partial charge on any atom is -0.467 e. The number of ether oxygens (including phenoxy) is 1. The molecule has 0 saturated heterocycles. The van der Waals surface area contributed by atoms with Crippen molar-refractivity contribution in [2.45, 2.75) is 26.9 Å². The van der Waals surface area contributed by atoms with Crippen LogP contribution < -0.4 is 5.32 Å². The van der Waals surface area contributed by atoms with E-state index < -0.39 is 5.97 Å². The normalized spacial score (nSPS) is 10.7. The number of furan rings is 1. The molecule has 0 radical (unpaired) electrons. The number of methoxy groups -OCH3 is 1. The highest BCUT2D eigenvalue weighted by molar-refractivity contribution is 5.88. The highest BCUT2D eigenvalue weighted by atomic mass is 16.5. The van der Waals surface area contributed by atoms with Gasteiger partial charge in [0.1, 0.15) is 17.8 Å². The van der Waals surface area contributed by atoms with Gasteiger partial charge in [0.2, 0.25) is 0 Å². The SMILES string of the molecule is COC(=O)c1coc(CNCc2c(C)noc2C)c1. The van der Waals surface area contributed by atoms with E-state index in [0.29, 0.717) is 24.4 Å². The Bertz CT molecular complexity index is 551. The van der Waals surface area contributed by atoms with E-state index in [-0.39, 0.29) is 0 Å². The second kappa shape index (κ2) is 5.71. The zero-order valence-corrected chi connectivity index (χ0v) is 11.1. The maximum atomic E-state index is 11.3. The van der Waals surface area contributed by atoms with Crippen molar-refractivity contribution in [1.29, 1.82) is 0 Å². The van der Waals surface area contributed by atoms with Crippen LogP contribution in [0.5, 0.6) is 0 Å². The molecule has 102 valence electrons. The zero-order chi connectivity index (χ0) is 13.8. The van der Waals surface area contributed by atoms with Gasteiger partial charge in [0, 0.05) is 12.1 Å². The zero-order valence-electron chi connectivity index (χ0n) is 11.1. The largest absolute Gasteiger partial charge is 0.467 e. The minimum atomic E-state index is -0.402. The summed E-state index contributed by atoms with van der Waals surface area (Å²) in [5.74, 6) is 1.08. The summed E-state index contributed by atoms with van der Waals surface area (Å²) in [7, 11) is 1.34. The summed E-state index contributed by atoms with van der Waals surface area (Å²) in [5.41, 5.74) is 2.33. The molecule has 0 aliphatic heterocycles. The van der Waals surface area contributed by atoms with E-state index in [1.165, 1.54) is 13.4 Å². The lowest BCUT2D eigenvalue weighted by atomic mass is 10.2. The van der Waals surface area contributed by atoms with Crippen molar-refractivity contribution < 1.29 is 18.5 Å². The highest BCUT2D eigenvalue weighted by Gasteiger charge is 2.11. The minimum absolute atomic E-state index is 0.402. The molecule has 0 aliphatic carbocycles. The van der Waals surface area contributed by atoms with Gasteiger partial charge in [0.15, 0.2) is 0 Å². The van der Waals surface area contributed by atoms with Crippen LogP contribution in [0.25, 0.3) is 0 Å². The number of aryl methyl sites for hydroxylation is 2. The molecule has 0 unspecified atom stereocenters. The van der Waals surface area contributed by atoms with Crippen LogP contribution >= 0.6 is 0 Å². The Labute approximate surface area is 110 Å². The van der Waals surface area contributed by atoms with Gasteiger partial charge in [0.05, 0.1) is 24.9 Å². The summed E-state index contributed by atoms with van der Waals surface area (Å²) in [6.07, 6.45) is 1.39. The molecule has 2 rings (SSSR count). The quantitative estimate of drug-likeness (QED) is 0.832. The monoisotopic (exact) mass is 264 g/mol. The molecule has 0 aromatic carbocycles. The molecule has 0 amide bonds. The van der Waals surface area contributed by atoms with Crippen LogP contribution in [-0.4, -0.2) is 18.2 Å². The van der Waals surface area contributed by atoms with Gasteiger partial charge in [-0.15, -0.1) is 0 Å². The van der Waals surface area contributed by atoms with Crippen LogP contribution in [0.1, 0.15) is 33.1 Å². The first-order chi connectivity index (χ1) is 9.11. The molecule has 0 spiro atoms. The lowest BCUT2D eigenvalue weighted by Crippen LogP contribution is -2.13. The molecule has 0 aliphatic rings. The molecular formula is C13H16N2O4. The number of carbonyl (C=O) groups is 1. The first kappa shape index (κ1) is 13.4. The number of hydrogen-bond acceptors (Lipinski definition) is 6. The fourth-order valence-electron chi connectivity index (χ4n) is 1.76. The number of hydrogen-bond donors (Lipinski definition) is 1. The van der Waals surface area contributed by atoms with Crippen LogP contribution in [0.15, 0.2) is 21.3 Å². The third kappa shape index (κ3) is 3.03. The molecule has 0 bridgehead atoms. The lowest BCUT2D eigenvalue weighted by molar-refractivity contribution is 0.0600. The average Bonchev–Trinajstić information content (AvgIpc) is 2.99. The van der Waals surface area contributed by atoms with Crippen LogP contribution in [-0.2, 0) is 17.8 Å². The Morgan fingerprint density at radius 1 is 1.42 bits per heavy atom. The van der Waals surface area contributed by atoms with Gasteiger partial charge in [-0.2, -0.15) is 0 Å². The highest BCUT2D eigenvalue weighted by Crippen LogP contribution is 2.13. The van der Waals surface area contributed by atoms with Crippen molar-refractivity contribution in [2.24, 2.45) is 0 Å². The lowest BCUT2D eigenvalue weighted by Gasteiger charge is -2.01. The Morgan fingerprint density at radius 3 is 2.84 bits per heavy atom. The third-order valence-electron chi connectivity index (χ3n) is 2.86. The Kier molecular flexibility index (Phi) is 4.01. The van der Waals surface area contributed by atoms with Crippen LogP contribution in [0.2, 0.25) is 0 Å².